The van der Waals surface area contributed by atoms with Gasteiger partial charge in [-0.05, 0) is 24.8 Å². The Hall–Kier alpha value is -3.79. The third-order valence-corrected chi connectivity index (χ3v) is 6.52. The summed E-state index contributed by atoms with van der Waals surface area (Å²) in [5.41, 5.74) is 2.23. The van der Waals surface area contributed by atoms with E-state index in [4.69, 9.17) is 17.6 Å². The van der Waals surface area contributed by atoms with Crippen molar-refractivity contribution in [2.24, 2.45) is 0 Å². The maximum Gasteiger partial charge on any atom is 0.334 e. The Kier molecular flexibility index (Phi) is 8.27. The highest BCUT2D eigenvalue weighted by atomic mass is 16.5. The molecule has 9 heteroatoms. The zero-order chi connectivity index (χ0) is 25.5. The lowest BCUT2D eigenvalue weighted by Gasteiger charge is -2.54. The summed E-state index contributed by atoms with van der Waals surface area (Å²) < 4.78 is 5.41. The number of carbonyl (C=O) groups is 3. The Morgan fingerprint density at radius 2 is 1.94 bits per heavy atom. The van der Waals surface area contributed by atoms with Gasteiger partial charge < -0.3 is 19.9 Å². The number of carbonyl (C=O) groups excluding carboxylic acids is 3. The molecule has 0 bridgehead atoms. The molecule has 188 valence electrons. The minimum atomic E-state index is -0.682. The van der Waals surface area contributed by atoms with Crippen molar-refractivity contribution < 1.29 is 19.1 Å². The van der Waals surface area contributed by atoms with Crippen LogP contribution in [0.5, 0.6) is 0 Å². The number of rotatable bonds is 10. The Morgan fingerprint density at radius 3 is 2.64 bits per heavy atom. The van der Waals surface area contributed by atoms with Crippen molar-refractivity contribution in [1.29, 1.82) is 0 Å². The molecule has 36 heavy (non-hydrogen) atoms. The van der Waals surface area contributed by atoms with Crippen LogP contribution in [0.3, 0.4) is 0 Å². The summed E-state index contributed by atoms with van der Waals surface area (Å²) in [5, 5.41) is 6.03. The molecule has 0 saturated carbocycles. The fourth-order valence-corrected chi connectivity index (χ4v) is 4.67. The number of hydrogen-bond donors (Lipinski definition) is 1. The fraction of sp³-hybridized carbons (Fsp3) is 0.444. The molecule has 1 aliphatic carbocycles. The number of nitrogens with one attached hydrogen (secondary N) is 1. The smallest absolute Gasteiger partial charge is 0.334 e. The van der Waals surface area contributed by atoms with Crippen molar-refractivity contribution in [3.8, 4) is 24.7 Å². The van der Waals surface area contributed by atoms with Gasteiger partial charge in [0.25, 0.3) is 0 Å². The van der Waals surface area contributed by atoms with Gasteiger partial charge in [-0.15, -0.1) is 12.8 Å². The predicted molar refractivity (Wildman–Crippen MR) is 134 cm³/mol. The molecule has 1 N–H and O–H groups in total. The second kappa shape index (κ2) is 11.8. The topological polar surface area (TPSA) is 85.4 Å². The van der Waals surface area contributed by atoms with Gasteiger partial charge >= 0.3 is 6.03 Å². The van der Waals surface area contributed by atoms with Crippen LogP contribution in [0.15, 0.2) is 42.0 Å². The van der Waals surface area contributed by atoms with E-state index >= 15 is 0 Å². The van der Waals surface area contributed by atoms with Crippen molar-refractivity contribution in [3.05, 3.63) is 47.5 Å². The molecule has 2 atom stereocenters. The summed E-state index contributed by atoms with van der Waals surface area (Å²) in [6.07, 6.45) is 14.5. The van der Waals surface area contributed by atoms with E-state index in [1.54, 1.807) is 14.8 Å². The number of benzene rings is 1. The number of hydrazine groups is 1. The highest BCUT2D eigenvalue weighted by molar-refractivity contribution is 5.91. The number of fused-ring (bicyclic) bond motifs is 1. The molecule has 4 rings (SSSR count). The first-order valence-corrected chi connectivity index (χ1v) is 12.1. The van der Waals surface area contributed by atoms with Crippen LogP contribution >= 0.6 is 0 Å². The molecule has 0 aromatic heterocycles. The second-order valence-electron chi connectivity index (χ2n) is 8.96. The van der Waals surface area contributed by atoms with Gasteiger partial charge in [0.05, 0.1) is 26.2 Å². The van der Waals surface area contributed by atoms with E-state index in [1.165, 1.54) is 10.6 Å². The SMILES string of the molecule is C#CCOCCN1C[C@H]2N(C(=O)CN(CC#C)N2C(=O)NCc2ccccc2)[C@@H](CCC2=CC2)C1=O. The summed E-state index contributed by atoms with van der Waals surface area (Å²) >= 11 is 0. The number of terminal acetylenes is 2. The van der Waals surface area contributed by atoms with Crippen LogP contribution in [0.1, 0.15) is 24.8 Å². The molecule has 0 unspecified atom stereocenters. The molecule has 2 heterocycles. The van der Waals surface area contributed by atoms with E-state index in [0.717, 1.165) is 18.4 Å². The van der Waals surface area contributed by atoms with Crippen molar-refractivity contribution in [1.82, 2.24) is 25.1 Å². The van der Waals surface area contributed by atoms with E-state index in [2.05, 4.69) is 23.2 Å². The quantitative estimate of drug-likeness (QED) is 0.303. The average molecular weight is 490 g/mol. The normalized spacial score (nSPS) is 21.4. The van der Waals surface area contributed by atoms with Crippen LogP contribution in [0, 0.1) is 24.7 Å². The standard InChI is InChI=1S/C27H31N5O4/c1-3-14-30-20-25(33)31-23(13-12-21-10-11-21)26(34)29(15-17-36-16-4-2)19-24(31)32(30)27(35)28-18-22-8-6-5-7-9-22/h1-2,5-10,23-24H,11-20H2,(H,28,35)/t23-,24-/m0/s1. The van der Waals surface area contributed by atoms with Crippen LogP contribution in [0.2, 0.25) is 0 Å². The van der Waals surface area contributed by atoms with Gasteiger partial charge in [0.1, 0.15) is 18.8 Å². The van der Waals surface area contributed by atoms with Gasteiger partial charge in [-0.1, -0.05) is 53.8 Å². The summed E-state index contributed by atoms with van der Waals surface area (Å²) in [7, 11) is 0. The van der Waals surface area contributed by atoms with Gasteiger partial charge in [-0.3, -0.25) is 9.59 Å². The molecular weight excluding hydrogens is 458 g/mol. The van der Waals surface area contributed by atoms with Gasteiger partial charge in [-0.2, -0.15) is 5.01 Å². The van der Waals surface area contributed by atoms with Crippen LogP contribution < -0.4 is 5.32 Å². The molecule has 0 spiro atoms. The molecule has 9 nitrogen and oxygen atoms in total. The highest BCUT2D eigenvalue weighted by Gasteiger charge is 2.51. The van der Waals surface area contributed by atoms with Crippen LogP contribution in [0.4, 0.5) is 4.79 Å². The molecule has 1 aromatic carbocycles. The van der Waals surface area contributed by atoms with Crippen molar-refractivity contribution in [2.45, 2.75) is 38.0 Å². The number of amides is 4. The summed E-state index contributed by atoms with van der Waals surface area (Å²) in [6, 6.07) is 8.52. The first kappa shape index (κ1) is 25.3. The van der Waals surface area contributed by atoms with Crippen LogP contribution in [-0.2, 0) is 20.9 Å². The molecule has 2 saturated heterocycles. The van der Waals surface area contributed by atoms with Crippen LogP contribution in [-0.4, -0.2) is 89.3 Å². The third-order valence-electron chi connectivity index (χ3n) is 6.52. The lowest BCUT2D eigenvalue weighted by molar-refractivity contribution is -0.189. The predicted octanol–water partition coefficient (Wildman–Crippen LogP) is 1.19. The van der Waals surface area contributed by atoms with Crippen molar-refractivity contribution in [2.75, 3.05) is 39.4 Å². The summed E-state index contributed by atoms with van der Waals surface area (Å²) in [4.78, 5) is 43.5. The van der Waals surface area contributed by atoms with E-state index in [0.29, 0.717) is 19.5 Å². The summed E-state index contributed by atoms with van der Waals surface area (Å²) in [5.74, 6) is 4.61. The number of piperazine rings is 1. The Labute approximate surface area is 212 Å². The van der Waals surface area contributed by atoms with E-state index in [1.807, 2.05) is 30.3 Å². The molecular formula is C27H31N5O4. The number of ether oxygens (including phenoxy) is 1. The maximum atomic E-state index is 13.5. The molecule has 1 aromatic rings. The minimum Gasteiger partial charge on any atom is -0.367 e. The first-order valence-electron chi connectivity index (χ1n) is 12.1. The Bertz CT molecular complexity index is 1090. The third kappa shape index (κ3) is 5.88. The first-order chi connectivity index (χ1) is 17.5. The fourth-order valence-electron chi connectivity index (χ4n) is 4.67. The van der Waals surface area contributed by atoms with E-state index < -0.39 is 12.2 Å². The zero-order valence-electron chi connectivity index (χ0n) is 20.3. The molecule has 4 amide bonds. The molecule has 3 aliphatic rings. The average Bonchev–Trinajstić information content (AvgIpc) is 3.71. The number of hydrogen-bond acceptors (Lipinski definition) is 5. The minimum absolute atomic E-state index is 0.0722. The van der Waals surface area contributed by atoms with Crippen LogP contribution in [0.25, 0.3) is 0 Å². The molecule has 2 aliphatic heterocycles. The highest BCUT2D eigenvalue weighted by Crippen LogP contribution is 2.31. The monoisotopic (exact) mass is 489 g/mol. The van der Waals surface area contributed by atoms with Crippen molar-refractivity contribution in [3.63, 3.8) is 0 Å². The zero-order valence-corrected chi connectivity index (χ0v) is 20.3. The Balaban J connectivity index is 1.58. The van der Waals surface area contributed by atoms with E-state index in [9.17, 15) is 14.4 Å². The van der Waals surface area contributed by atoms with Gasteiger partial charge in [0, 0.05) is 13.1 Å². The largest absolute Gasteiger partial charge is 0.367 e. The second-order valence-corrected chi connectivity index (χ2v) is 8.96. The lowest BCUT2D eigenvalue weighted by atomic mass is 10.0. The van der Waals surface area contributed by atoms with Gasteiger partial charge in [0.15, 0.2) is 0 Å². The molecule has 0 radical (unpaired) electrons. The van der Waals surface area contributed by atoms with Gasteiger partial charge in [-0.25, -0.2) is 9.80 Å². The maximum absolute atomic E-state index is 13.5. The number of allylic oxidation sites excluding steroid dienone is 2. The lowest BCUT2D eigenvalue weighted by Crippen LogP contribution is -2.76. The number of nitrogens with zero attached hydrogens (tertiary/aromatic N) is 4. The Morgan fingerprint density at radius 1 is 1.17 bits per heavy atom. The van der Waals surface area contributed by atoms with E-state index in [-0.39, 0.29) is 50.7 Å². The number of urea groups is 1. The van der Waals surface area contributed by atoms with Gasteiger partial charge in [0.2, 0.25) is 11.8 Å². The van der Waals surface area contributed by atoms with Crippen molar-refractivity contribution >= 4 is 17.8 Å². The molecule has 2 fully saturated rings. The summed E-state index contributed by atoms with van der Waals surface area (Å²) in [6.45, 7) is 1.22.